The highest BCUT2D eigenvalue weighted by molar-refractivity contribution is 8.00. The molecule has 28 heavy (non-hydrogen) atoms. The Labute approximate surface area is 169 Å². The Morgan fingerprint density at radius 1 is 1.21 bits per heavy atom. The molecule has 3 aromatic rings. The summed E-state index contributed by atoms with van der Waals surface area (Å²) in [6.45, 7) is 10.9. The Kier molecular flexibility index (Phi) is 6.24. The number of furan rings is 1. The van der Waals surface area contributed by atoms with E-state index in [9.17, 15) is 4.79 Å². The summed E-state index contributed by atoms with van der Waals surface area (Å²) in [4.78, 5) is 12.7. The molecule has 3 rings (SSSR count). The lowest BCUT2D eigenvalue weighted by molar-refractivity contribution is -0.115. The SMILES string of the molecule is Cc1ccc(NC(=O)C(C)Sc2nnc(-c3ccco3)n2CC(C)C)c(C)c1. The van der Waals surface area contributed by atoms with Crippen LogP contribution in [0.25, 0.3) is 11.6 Å². The minimum Gasteiger partial charge on any atom is -0.461 e. The first-order chi connectivity index (χ1) is 13.3. The maximum atomic E-state index is 12.7. The van der Waals surface area contributed by atoms with Crippen molar-refractivity contribution in [2.45, 2.75) is 51.6 Å². The molecule has 148 valence electrons. The number of amides is 1. The molecule has 1 amide bonds. The van der Waals surface area contributed by atoms with Crippen LogP contribution in [0.15, 0.2) is 46.2 Å². The first kappa shape index (κ1) is 20.2. The number of nitrogens with zero attached hydrogens (tertiary/aromatic N) is 3. The van der Waals surface area contributed by atoms with Gasteiger partial charge in [0.2, 0.25) is 5.91 Å². The molecule has 1 N–H and O–H groups in total. The van der Waals surface area contributed by atoms with Crippen LogP contribution in [0, 0.1) is 19.8 Å². The van der Waals surface area contributed by atoms with Crippen LogP contribution in [0.1, 0.15) is 31.9 Å². The molecule has 1 aromatic carbocycles. The summed E-state index contributed by atoms with van der Waals surface area (Å²) in [6, 6.07) is 9.69. The van der Waals surface area contributed by atoms with E-state index in [1.54, 1.807) is 6.26 Å². The fraction of sp³-hybridized carbons (Fsp3) is 0.381. The Morgan fingerprint density at radius 2 is 2.00 bits per heavy atom. The average molecular weight is 399 g/mol. The highest BCUT2D eigenvalue weighted by atomic mass is 32.2. The lowest BCUT2D eigenvalue weighted by Crippen LogP contribution is -2.23. The van der Waals surface area contributed by atoms with Crippen molar-refractivity contribution in [2.75, 3.05) is 5.32 Å². The lowest BCUT2D eigenvalue weighted by Gasteiger charge is -2.15. The van der Waals surface area contributed by atoms with Crippen molar-refractivity contribution < 1.29 is 9.21 Å². The molecule has 0 saturated carbocycles. The van der Waals surface area contributed by atoms with Crippen molar-refractivity contribution in [1.82, 2.24) is 14.8 Å². The van der Waals surface area contributed by atoms with Crippen LogP contribution in [-0.4, -0.2) is 25.9 Å². The lowest BCUT2D eigenvalue weighted by atomic mass is 10.1. The Hall–Kier alpha value is -2.54. The van der Waals surface area contributed by atoms with Gasteiger partial charge in [-0.3, -0.25) is 9.36 Å². The van der Waals surface area contributed by atoms with Crippen molar-refractivity contribution in [3.8, 4) is 11.6 Å². The first-order valence-corrected chi connectivity index (χ1v) is 10.2. The van der Waals surface area contributed by atoms with E-state index in [0.29, 0.717) is 22.7 Å². The molecule has 0 aliphatic rings. The summed E-state index contributed by atoms with van der Waals surface area (Å²) < 4.78 is 7.52. The molecule has 7 heteroatoms. The number of hydrogen-bond donors (Lipinski definition) is 1. The summed E-state index contributed by atoms with van der Waals surface area (Å²) in [6.07, 6.45) is 1.62. The molecule has 2 heterocycles. The van der Waals surface area contributed by atoms with Crippen molar-refractivity contribution in [3.63, 3.8) is 0 Å². The number of thioether (sulfide) groups is 1. The molecule has 0 spiro atoms. The largest absolute Gasteiger partial charge is 0.461 e. The standard InChI is InChI=1S/C21H26N4O2S/c1-13(2)12-25-19(18-7-6-10-27-18)23-24-21(25)28-16(5)20(26)22-17-9-8-14(3)11-15(17)4/h6-11,13,16H,12H2,1-5H3,(H,22,26). The van der Waals surface area contributed by atoms with Gasteiger partial charge < -0.3 is 9.73 Å². The van der Waals surface area contributed by atoms with Gasteiger partial charge in [-0.15, -0.1) is 10.2 Å². The van der Waals surface area contributed by atoms with Crippen LogP contribution in [-0.2, 0) is 11.3 Å². The second-order valence-corrected chi connectivity index (χ2v) is 8.66. The van der Waals surface area contributed by atoms with E-state index >= 15 is 0 Å². The fourth-order valence-electron chi connectivity index (χ4n) is 2.89. The Morgan fingerprint density at radius 3 is 2.64 bits per heavy atom. The molecule has 2 aromatic heterocycles. The van der Waals surface area contributed by atoms with Crippen LogP contribution in [0.3, 0.4) is 0 Å². The van der Waals surface area contributed by atoms with Gasteiger partial charge in [0.05, 0.1) is 11.5 Å². The van der Waals surface area contributed by atoms with Crippen LogP contribution in [0.2, 0.25) is 0 Å². The molecule has 0 radical (unpaired) electrons. The van der Waals surface area contributed by atoms with Gasteiger partial charge in [-0.25, -0.2) is 0 Å². The van der Waals surface area contributed by atoms with Gasteiger partial charge in [0.1, 0.15) is 0 Å². The van der Waals surface area contributed by atoms with Crippen LogP contribution >= 0.6 is 11.8 Å². The zero-order valence-electron chi connectivity index (χ0n) is 16.9. The summed E-state index contributed by atoms with van der Waals surface area (Å²) >= 11 is 1.40. The van der Waals surface area contributed by atoms with Crippen molar-refractivity contribution in [1.29, 1.82) is 0 Å². The number of hydrogen-bond acceptors (Lipinski definition) is 5. The third-order valence-electron chi connectivity index (χ3n) is 4.30. The molecule has 0 saturated heterocycles. The van der Waals surface area contributed by atoms with Gasteiger partial charge in [0, 0.05) is 12.2 Å². The van der Waals surface area contributed by atoms with Crippen molar-refractivity contribution >= 4 is 23.4 Å². The number of anilines is 1. The van der Waals surface area contributed by atoms with Gasteiger partial charge in [-0.05, 0) is 50.5 Å². The normalized spacial score (nSPS) is 12.4. The number of aromatic nitrogens is 3. The third kappa shape index (κ3) is 4.65. The Balaban J connectivity index is 1.77. The predicted octanol–water partition coefficient (Wildman–Crippen LogP) is 4.93. The summed E-state index contributed by atoms with van der Waals surface area (Å²) in [5, 5.41) is 12.0. The van der Waals surface area contributed by atoms with Gasteiger partial charge in [0.15, 0.2) is 16.7 Å². The smallest absolute Gasteiger partial charge is 0.237 e. The molecule has 1 unspecified atom stereocenters. The van der Waals surface area contributed by atoms with Crippen LogP contribution in [0.4, 0.5) is 5.69 Å². The quantitative estimate of drug-likeness (QED) is 0.571. The number of carbonyl (C=O) groups excluding carboxylic acids is 1. The third-order valence-corrected chi connectivity index (χ3v) is 5.38. The molecule has 0 aliphatic heterocycles. The van der Waals surface area contributed by atoms with Crippen LogP contribution < -0.4 is 5.32 Å². The van der Waals surface area contributed by atoms with Gasteiger partial charge in [-0.2, -0.15) is 0 Å². The average Bonchev–Trinajstić information content (AvgIpc) is 3.27. The van der Waals surface area contributed by atoms with E-state index < -0.39 is 0 Å². The molecule has 6 nitrogen and oxygen atoms in total. The molecule has 1 atom stereocenters. The van der Waals surface area contributed by atoms with Gasteiger partial charge in [0.25, 0.3) is 0 Å². The predicted molar refractivity (Wildman–Crippen MR) is 112 cm³/mol. The molecule has 0 aliphatic carbocycles. The second kappa shape index (κ2) is 8.65. The molecular formula is C21H26N4O2S. The van der Waals surface area contributed by atoms with Gasteiger partial charge in [-0.1, -0.05) is 43.3 Å². The highest BCUT2D eigenvalue weighted by Crippen LogP contribution is 2.29. The fourth-order valence-corrected chi connectivity index (χ4v) is 3.75. The van der Waals surface area contributed by atoms with E-state index in [2.05, 4.69) is 35.4 Å². The van der Waals surface area contributed by atoms with E-state index in [1.807, 2.05) is 49.6 Å². The maximum absolute atomic E-state index is 12.7. The first-order valence-electron chi connectivity index (χ1n) is 9.37. The van der Waals surface area contributed by atoms with E-state index in [0.717, 1.165) is 17.8 Å². The number of nitrogens with one attached hydrogen (secondary N) is 1. The van der Waals surface area contributed by atoms with E-state index in [4.69, 9.17) is 4.42 Å². The van der Waals surface area contributed by atoms with Crippen LogP contribution in [0.5, 0.6) is 0 Å². The monoisotopic (exact) mass is 398 g/mol. The van der Waals surface area contributed by atoms with Crippen molar-refractivity contribution in [2.24, 2.45) is 5.92 Å². The van der Waals surface area contributed by atoms with Crippen molar-refractivity contribution in [3.05, 3.63) is 47.7 Å². The topological polar surface area (TPSA) is 73.0 Å². The van der Waals surface area contributed by atoms with E-state index in [-0.39, 0.29) is 11.2 Å². The molecule has 0 bridgehead atoms. The highest BCUT2D eigenvalue weighted by Gasteiger charge is 2.22. The Bertz CT molecular complexity index is 947. The minimum absolute atomic E-state index is 0.0596. The summed E-state index contributed by atoms with van der Waals surface area (Å²) in [5.74, 6) is 1.70. The number of benzene rings is 1. The zero-order valence-corrected chi connectivity index (χ0v) is 17.7. The number of aryl methyl sites for hydroxylation is 2. The summed E-state index contributed by atoms with van der Waals surface area (Å²) in [7, 11) is 0. The number of rotatable bonds is 7. The number of carbonyl (C=O) groups is 1. The zero-order chi connectivity index (χ0) is 20.3. The minimum atomic E-state index is -0.319. The summed E-state index contributed by atoms with van der Waals surface area (Å²) in [5.41, 5.74) is 3.06. The second-order valence-electron chi connectivity index (χ2n) is 7.36. The van der Waals surface area contributed by atoms with Gasteiger partial charge >= 0.3 is 0 Å². The maximum Gasteiger partial charge on any atom is 0.237 e. The van der Waals surface area contributed by atoms with E-state index in [1.165, 1.54) is 17.3 Å². The molecule has 0 fully saturated rings. The molecular weight excluding hydrogens is 372 g/mol.